The molecule has 0 saturated carbocycles. The normalized spacial score (nSPS) is 11.6. The van der Waals surface area contributed by atoms with E-state index in [9.17, 15) is 0 Å². The minimum absolute atomic E-state index is 0.233. The van der Waals surface area contributed by atoms with E-state index in [1.807, 2.05) is 48.5 Å². The maximum atomic E-state index is 15.8. The molecule has 55 heavy (non-hydrogen) atoms. The third-order valence-corrected chi connectivity index (χ3v) is 12.8. The van der Waals surface area contributed by atoms with Crippen LogP contribution in [0.25, 0.3) is 63.8 Å². The summed E-state index contributed by atoms with van der Waals surface area (Å²) in [5.74, 6) is -0.466. The first-order chi connectivity index (χ1) is 26.8. The van der Waals surface area contributed by atoms with E-state index in [1.54, 1.807) is 12.1 Å². The van der Waals surface area contributed by atoms with Crippen LogP contribution >= 0.6 is 34.4 Å². The predicted molar refractivity (Wildman–Crippen MR) is 232 cm³/mol. The number of nitrogens with zero attached hydrogens (tertiary/aromatic N) is 6. The largest absolute Gasteiger partial charge is 0.371 e. The van der Waals surface area contributed by atoms with Crippen LogP contribution in [0.4, 0.5) is 20.2 Å². The monoisotopic (exact) mass is 794 g/mol. The summed E-state index contributed by atoms with van der Waals surface area (Å²) in [7, 11) is 0. The Morgan fingerprint density at radius 1 is 0.491 bits per heavy atom. The Labute approximate surface area is 335 Å². The van der Waals surface area contributed by atoms with Crippen molar-refractivity contribution < 1.29 is 8.78 Å². The minimum atomic E-state index is -0.233. The van der Waals surface area contributed by atoms with Crippen LogP contribution in [-0.4, -0.2) is 44.9 Å². The average molecular weight is 795 g/mol. The van der Waals surface area contributed by atoms with Gasteiger partial charge in [0.2, 0.25) is 0 Å². The zero-order chi connectivity index (χ0) is 38.6. The van der Waals surface area contributed by atoms with Gasteiger partial charge in [0.15, 0.2) is 0 Å². The number of thiophene rings is 2. The highest BCUT2D eigenvalue weighted by Crippen LogP contribution is 2.47. The second-order valence-corrected chi connectivity index (χ2v) is 16.6. The lowest BCUT2D eigenvalue weighted by Gasteiger charge is -2.24. The van der Waals surface area contributed by atoms with Crippen LogP contribution in [0.15, 0.2) is 60.7 Å². The zero-order valence-electron chi connectivity index (χ0n) is 32.5. The van der Waals surface area contributed by atoms with E-state index in [0.29, 0.717) is 11.1 Å². The minimum Gasteiger partial charge on any atom is -0.371 e. The van der Waals surface area contributed by atoms with Crippen molar-refractivity contribution in [3.63, 3.8) is 0 Å². The van der Waals surface area contributed by atoms with Crippen molar-refractivity contribution >= 4 is 67.8 Å². The Morgan fingerprint density at radius 2 is 0.873 bits per heavy atom. The maximum absolute atomic E-state index is 15.8. The molecule has 11 heteroatoms. The first-order valence-corrected chi connectivity index (χ1v) is 22.0. The molecule has 0 atom stereocenters. The summed E-state index contributed by atoms with van der Waals surface area (Å²) in [6, 6.07) is 19.3. The van der Waals surface area contributed by atoms with Crippen LogP contribution < -0.4 is 9.80 Å². The molecule has 0 spiro atoms. The highest BCUT2D eigenvalue weighted by atomic mass is 32.1. The number of hydrogen-bond donors (Lipinski definition) is 0. The summed E-state index contributed by atoms with van der Waals surface area (Å²) in [5.41, 5.74) is 9.57. The number of benzene rings is 3. The lowest BCUT2D eigenvalue weighted by Crippen LogP contribution is -2.24. The molecular formula is C44H48F2N6S3. The third kappa shape index (κ3) is 7.63. The van der Waals surface area contributed by atoms with Gasteiger partial charge in [0.25, 0.3) is 0 Å². The molecule has 0 N–H and O–H groups in total. The fourth-order valence-corrected chi connectivity index (χ4v) is 10.2. The Hall–Kier alpha value is -4.32. The van der Waals surface area contributed by atoms with Crippen molar-refractivity contribution in [2.75, 3.05) is 36.0 Å². The number of hydrogen-bond acceptors (Lipinski definition) is 9. The molecule has 0 amide bonds. The van der Waals surface area contributed by atoms with E-state index < -0.39 is 0 Å². The Kier molecular flexibility index (Phi) is 12.2. The first-order valence-electron chi connectivity index (χ1n) is 19.6. The van der Waals surface area contributed by atoms with Gasteiger partial charge in [0.05, 0.1) is 23.1 Å². The van der Waals surface area contributed by atoms with Crippen LogP contribution in [0, 0.1) is 11.6 Å². The third-order valence-electron chi connectivity index (χ3n) is 10.0. The van der Waals surface area contributed by atoms with Gasteiger partial charge in [-0.05, 0) is 99.2 Å². The van der Waals surface area contributed by atoms with E-state index in [-0.39, 0.29) is 11.6 Å². The van der Waals surface area contributed by atoms with Crippen LogP contribution in [-0.2, 0) is 12.8 Å². The number of aryl methyl sites for hydroxylation is 2. The van der Waals surface area contributed by atoms with Gasteiger partial charge in [-0.15, -0.1) is 22.7 Å². The fraction of sp³-hybridized carbons (Fsp3) is 0.364. The summed E-state index contributed by atoms with van der Waals surface area (Å²) < 4.78 is 41.4. The van der Waals surface area contributed by atoms with Gasteiger partial charge < -0.3 is 9.80 Å². The maximum Gasteiger partial charge on any atom is 0.133 e. The van der Waals surface area contributed by atoms with Crippen molar-refractivity contribution in [2.45, 2.75) is 80.1 Å². The zero-order valence-corrected chi connectivity index (χ0v) is 35.0. The smallest absolute Gasteiger partial charge is 0.133 e. The van der Waals surface area contributed by atoms with Crippen molar-refractivity contribution in [1.29, 1.82) is 0 Å². The van der Waals surface area contributed by atoms with E-state index in [4.69, 9.17) is 18.7 Å². The van der Waals surface area contributed by atoms with Crippen LogP contribution in [0.2, 0.25) is 0 Å². The average Bonchev–Trinajstić information content (AvgIpc) is 3.98. The van der Waals surface area contributed by atoms with Crippen molar-refractivity contribution in [3.05, 3.63) is 83.7 Å². The molecule has 286 valence electrons. The molecule has 0 saturated heterocycles. The van der Waals surface area contributed by atoms with Gasteiger partial charge in [-0.1, -0.05) is 41.5 Å². The number of halogens is 2. The summed E-state index contributed by atoms with van der Waals surface area (Å²) in [4.78, 5) is 18.6. The molecule has 6 nitrogen and oxygen atoms in total. The topological polar surface area (TPSA) is 58.0 Å². The number of anilines is 2. The Balaban J connectivity index is 1.34. The molecule has 0 radical (unpaired) electrons. The predicted octanol–water partition coefficient (Wildman–Crippen LogP) is 13.1. The first kappa shape index (κ1) is 38.9. The van der Waals surface area contributed by atoms with Crippen molar-refractivity contribution in [2.24, 2.45) is 0 Å². The molecule has 7 rings (SSSR count). The molecule has 3 aromatic carbocycles. The summed E-state index contributed by atoms with van der Waals surface area (Å²) in [5, 5.41) is 0. The van der Waals surface area contributed by atoms with Crippen LogP contribution in [0.1, 0.15) is 78.6 Å². The van der Waals surface area contributed by atoms with E-state index >= 15 is 8.78 Å². The number of aromatic nitrogens is 4. The van der Waals surface area contributed by atoms with Gasteiger partial charge in [0.1, 0.15) is 33.7 Å². The van der Waals surface area contributed by atoms with Crippen LogP contribution in [0.5, 0.6) is 0 Å². The van der Waals surface area contributed by atoms with E-state index in [0.717, 1.165) is 152 Å². The quantitative estimate of drug-likeness (QED) is 0.0971. The summed E-state index contributed by atoms with van der Waals surface area (Å²) >= 11 is 4.22. The molecule has 0 fully saturated rings. The Bertz CT molecular complexity index is 2250. The lowest BCUT2D eigenvalue weighted by atomic mass is 10.0. The molecule has 0 bridgehead atoms. The second kappa shape index (κ2) is 17.2. The van der Waals surface area contributed by atoms with E-state index in [2.05, 4.69) is 51.3 Å². The molecule has 0 aliphatic carbocycles. The lowest BCUT2D eigenvalue weighted by molar-refractivity contribution is 0.629. The van der Waals surface area contributed by atoms with Gasteiger partial charge in [0, 0.05) is 79.3 Å². The van der Waals surface area contributed by atoms with Gasteiger partial charge >= 0.3 is 0 Å². The van der Waals surface area contributed by atoms with Crippen molar-refractivity contribution in [3.8, 4) is 41.8 Å². The molecule has 4 heterocycles. The van der Waals surface area contributed by atoms with Gasteiger partial charge in [-0.25, -0.2) is 18.7 Å². The molecule has 0 aliphatic heterocycles. The fourth-order valence-electron chi connectivity index (χ4n) is 7.48. The highest BCUT2D eigenvalue weighted by molar-refractivity contribution is 7.19. The molecule has 4 aromatic heterocycles. The Morgan fingerprint density at radius 3 is 1.22 bits per heavy atom. The van der Waals surface area contributed by atoms with E-state index in [1.165, 1.54) is 22.7 Å². The highest BCUT2D eigenvalue weighted by Gasteiger charge is 2.26. The summed E-state index contributed by atoms with van der Waals surface area (Å²) in [6.07, 6.45) is 5.49. The molecule has 0 unspecified atom stereocenters. The van der Waals surface area contributed by atoms with Crippen molar-refractivity contribution in [1.82, 2.24) is 18.7 Å². The standard InChI is InChI=1S/C44H48F2N6S3/c1-7-21-51(22-8-2)27-13-15-29(31(45)25-27)35-17-19-37(53-35)39-41-42(48-34(12-6)33(11-5)47-41)40(44-43(39)49-55-50-44)38-20-18-36(54-38)30-16-14-28(26-32(30)46)52(23-9-3)24-10-4/h13-20,25-26H,7-12,21-24H2,1-6H3. The van der Waals surface area contributed by atoms with Gasteiger partial charge in [-0.2, -0.15) is 8.75 Å². The number of fused-ring (bicyclic) bond motifs is 2. The second-order valence-electron chi connectivity index (χ2n) is 13.9. The SMILES string of the molecule is CCCN(CCC)c1ccc(-c2ccc(-c3c4nsnc4c(-c4ccc(-c5ccc(N(CCC)CCC)cc5F)s4)c4nc(CC)c(CC)nc34)s2)c(F)c1. The van der Waals surface area contributed by atoms with Gasteiger partial charge in [-0.3, -0.25) is 0 Å². The van der Waals surface area contributed by atoms with Crippen LogP contribution in [0.3, 0.4) is 0 Å². The summed E-state index contributed by atoms with van der Waals surface area (Å²) in [6.45, 7) is 16.4. The molecular weight excluding hydrogens is 747 g/mol. The molecule has 0 aliphatic rings. The number of rotatable bonds is 16. The molecule has 7 aromatic rings.